The van der Waals surface area contributed by atoms with Gasteiger partial charge in [0.15, 0.2) is 11.5 Å². The Kier molecular flexibility index (Phi) is 4.80. The first kappa shape index (κ1) is 21.3. The molecule has 4 heterocycles. The summed E-state index contributed by atoms with van der Waals surface area (Å²) in [6, 6.07) is 11.7. The van der Waals surface area contributed by atoms with E-state index in [2.05, 4.69) is 10.3 Å². The minimum Gasteiger partial charge on any atom is -0.342 e. The zero-order valence-corrected chi connectivity index (χ0v) is 19.3. The molecule has 2 amide bonds. The van der Waals surface area contributed by atoms with Crippen LogP contribution in [0.2, 0.25) is 0 Å². The Morgan fingerprint density at radius 2 is 1.83 bits per heavy atom. The Bertz CT molecular complexity index is 1500. The van der Waals surface area contributed by atoms with Crippen LogP contribution in [0.1, 0.15) is 12.5 Å². The molecule has 1 N–H and O–H groups in total. The molecule has 0 aliphatic carbocycles. The van der Waals surface area contributed by atoms with E-state index in [0.717, 1.165) is 28.1 Å². The van der Waals surface area contributed by atoms with Gasteiger partial charge in [0.1, 0.15) is 11.9 Å². The monoisotopic (exact) mass is 470 g/mol. The molecule has 4 aromatic rings. The van der Waals surface area contributed by atoms with Crippen LogP contribution >= 0.6 is 0 Å². The first-order valence-electron chi connectivity index (χ1n) is 11.5. The Morgan fingerprint density at radius 1 is 1.06 bits per heavy atom. The highest BCUT2D eigenvalue weighted by molar-refractivity contribution is 6.00. The average Bonchev–Trinajstić information content (AvgIpc) is 3.42. The highest BCUT2D eigenvalue weighted by Crippen LogP contribution is 2.37. The maximum atomic E-state index is 13.7. The number of carbonyl (C=O) groups excluding carboxylic acids is 2. The summed E-state index contributed by atoms with van der Waals surface area (Å²) in [7, 11) is 1.80. The van der Waals surface area contributed by atoms with Crippen molar-refractivity contribution in [3.8, 4) is 22.5 Å². The Morgan fingerprint density at radius 3 is 2.63 bits per heavy atom. The highest BCUT2D eigenvalue weighted by atomic mass is 19.1. The van der Waals surface area contributed by atoms with Crippen LogP contribution in [0.25, 0.3) is 28.2 Å². The molecule has 0 saturated carbocycles. The summed E-state index contributed by atoms with van der Waals surface area (Å²) in [6.45, 7) is 3.10. The molecule has 1 fully saturated rings. The second-order valence-corrected chi connectivity index (χ2v) is 8.99. The van der Waals surface area contributed by atoms with Gasteiger partial charge in [0.25, 0.3) is 0 Å². The van der Waals surface area contributed by atoms with Gasteiger partial charge >= 0.3 is 0 Å². The topological polar surface area (TPSA) is 82.8 Å². The molecule has 2 aliphatic heterocycles. The Hall–Kier alpha value is -4.27. The van der Waals surface area contributed by atoms with Crippen LogP contribution in [-0.2, 0) is 16.0 Å². The highest BCUT2D eigenvalue weighted by Gasteiger charge is 2.32. The quantitative estimate of drug-likeness (QED) is 0.497. The number of hydrogen-bond donors (Lipinski definition) is 1. The summed E-state index contributed by atoms with van der Waals surface area (Å²) in [6.07, 6.45) is 3.86. The average molecular weight is 471 g/mol. The first-order chi connectivity index (χ1) is 16.9. The van der Waals surface area contributed by atoms with Crippen molar-refractivity contribution in [1.29, 1.82) is 0 Å². The van der Waals surface area contributed by atoms with Gasteiger partial charge in [0, 0.05) is 49.3 Å². The van der Waals surface area contributed by atoms with Gasteiger partial charge in [-0.1, -0.05) is 6.07 Å². The van der Waals surface area contributed by atoms with E-state index in [9.17, 15) is 14.0 Å². The molecule has 1 atom stereocenters. The molecular weight excluding hydrogens is 447 g/mol. The van der Waals surface area contributed by atoms with Gasteiger partial charge in [-0.2, -0.15) is 0 Å². The summed E-state index contributed by atoms with van der Waals surface area (Å²) < 4.78 is 15.7. The van der Waals surface area contributed by atoms with E-state index < -0.39 is 0 Å². The third-order valence-electron chi connectivity index (χ3n) is 6.79. The van der Waals surface area contributed by atoms with E-state index >= 15 is 0 Å². The van der Waals surface area contributed by atoms with E-state index in [1.165, 1.54) is 12.1 Å². The number of anilines is 2. The predicted molar refractivity (Wildman–Crippen MR) is 131 cm³/mol. The van der Waals surface area contributed by atoms with Crippen molar-refractivity contribution in [3.05, 3.63) is 66.2 Å². The molecule has 6 rings (SSSR count). The van der Waals surface area contributed by atoms with Crippen molar-refractivity contribution in [2.45, 2.75) is 19.4 Å². The van der Waals surface area contributed by atoms with Crippen molar-refractivity contribution in [3.63, 3.8) is 0 Å². The Labute approximate surface area is 201 Å². The number of likely N-dealkylation sites (N-methyl/N-ethyl adjacent to an activating group) is 1. The molecule has 176 valence electrons. The number of carbonyl (C=O) groups is 2. The van der Waals surface area contributed by atoms with E-state index in [1.807, 2.05) is 40.6 Å². The number of rotatable bonds is 3. The molecule has 2 aromatic carbocycles. The van der Waals surface area contributed by atoms with Crippen molar-refractivity contribution in [2.24, 2.45) is 0 Å². The van der Waals surface area contributed by atoms with Crippen LogP contribution in [-0.4, -0.2) is 57.3 Å². The maximum Gasteiger partial charge on any atom is 0.244 e. The molecule has 35 heavy (non-hydrogen) atoms. The number of amides is 2. The molecule has 0 spiro atoms. The van der Waals surface area contributed by atoms with Gasteiger partial charge in [-0.15, -0.1) is 0 Å². The van der Waals surface area contributed by atoms with E-state index in [-0.39, 0.29) is 23.7 Å². The SMILES string of the molecule is CC1C(=O)N(C)CCN1c1nccn2c(-c3ccc4c(c3)CC(=O)N4)c(-c3ccc(F)cc3)nc12. The number of imidazole rings is 1. The van der Waals surface area contributed by atoms with Crippen LogP contribution in [0.15, 0.2) is 54.9 Å². The summed E-state index contributed by atoms with van der Waals surface area (Å²) in [4.78, 5) is 37.9. The molecule has 2 aliphatic rings. The van der Waals surface area contributed by atoms with E-state index in [1.54, 1.807) is 30.3 Å². The fourth-order valence-electron chi connectivity index (χ4n) is 4.93. The molecule has 9 heteroatoms. The van der Waals surface area contributed by atoms with Gasteiger partial charge in [0.05, 0.1) is 17.8 Å². The summed E-state index contributed by atoms with van der Waals surface area (Å²) in [5.74, 6) is 0.290. The molecule has 1 unspecified atom stereocenters. The van der Waals surface area contributed by atoms with Crippen LogP contribution in [0.3, 0.4) is 0 Å². The molecule has 2 aromatic heterocycles. The van der Waals surface area contributed by atoms with Gasteiger partial charge in [0.2, 0.25) is 11.8 Å². The van der Waals surface area contributed by atoms with Crippen LogP contribution in [0.5, 0.6) is 0 Å². The summed E-state index contributed by atoms with van der Waals surface area (Å²) >= 11 is 0. The zero-order chi connectivity index (χ0) is 24.3. The number of aromatic nitrogens is 3. The number of nitrogens with zero attached hydrogens (tertiary/aromatic N) is 5. The Balaban J connectivity index is 1.57. The minimum atomic E-state index is -0.376. The molecule has 8 nitrogen and oxygen atoms in total. The number of benzene rings is 2. The molecule has 1 saturated heterocycles. The van der Waals surface area contributed by atoms with Crippen LogP contribution in [0, 0.1) is 5.82 Å². The summed E-state index contributed by atoms with van der Waals surface area (Å²) in [5, 5.41) is 2.87. The van der Waals surface area contributed by atoms with Crippen molar-refractivity contribution in [1.82, 2.24) is 19.3 Å². The molecule has 0 radical (unpaired) electrons. The third-order valence-corrected chi connectivity index (χ3v) is 6.79. The number of nitrogens with one attached hydrogen (secondary N) is 1. The predicted octanol–water partition coefficient (Wildman–Crippen LogP) is 3.36. The standard InChI is InChI=1S/C26H23FN6O2/c1-15-26(35)31(2)11-12-32(15)24-25-30-22(16-3-6-19(27)7-4-16)23(33(25)10-9-28-24)17-5-8-20-18(13-17)14-21(34)29-20/h3-10,13,15H,11-12,14H2,1-2H3,(H,29,34). The van der Waals surface area contributed by atoms with Crippen molar-refractivity contribution >= 4 is 29.0 Å². The minimum absolute atomic E-state index is 0.0291. The van der Waals surface area contributed by atoms with Gasteiger partial charge in [-0.25, -0.2) is 14.4 Å². The number of halogens is 1. The van der Waals surface area contributed by atoms with Crippen LogP contribution in [0.4, 0.5) is 15.9 Å². The lowest BCUT2D eigenvalue weighted by Crippen LogP contribution is -2.54. The molecule has 0 bridgehead atoms. The van der Waals surface area contributed by atoms with Gasteiger partial charge in [-0.05, 0) is 48.9 Å². The first-order valence-corrected chi connectivity index (χ1v) is 11.5. The largest absolute Gasteiger partial charge is 0.342 e. The number of hydrogen-bond acceptors (Lipinski definition) is 5. The van der Waals surface area contributed by atoms with Crippen molar-refractivity contribution in [2.75, 3.05) is 30.4 Å². The fourth-order valence-corrected chi connectivity index (χ4v) is 4.93. The van der Waals surface area contributed by atoms with Gasteiger partial charge in [-0.3, -0.25) is 14.0 Å². The van der Waals surface area contributed by atoms with Gasteiger partial charge < -0.3 is 15.1 Å². The van der Waals surface area contributed by atoms with E-state index in [4.69, 9.17) is 4.98 Å². The van der Waals surface area contributed by atoms with Crippen molar-refractivity contribution < 1.29 is 14.0 Å². The van der Waals surface area contributed by atoms with E-state index in [0.29, 0.717) is 36.7 Å². The molecular formula is C26H23FN6O2. The summed E-state index contributed by atoms with van der Waals surface area (Å²) in [5.41, 5.74) is 5.46. The smallest absolute Gasteiger partial charge is 0.244 e. The fraction of sp³-hybridized carbons (Fsp3) is 0.231. The number of piperazine rings is 1. The second kappa shape index (κ2) is 7.90. The normalized spacial score (nSPS) is 17.7. The number of fused-ring (bicyclic) bond motifs is 2. The third kappa shape index (κ3) is 3.42. The maximum absolute atomic E-state index is 13.7. The lowest BCUT2D eigenvalue weighted by atomic mass is 10.0. The lowest BCUT2D eigenvalue weighted by Gasteiger charge is -2.38. The lowest BCUT2D eigenvalue weighted by molar-refractivity contribution is -0.132. The zero-order valence-electron chi connectivity index (χ0n) is 19.3. The van der Waals surface area contributed by atoms with Crippen LogP contribution < -0.4 is 10.2 Å². The second-order valence-electron chi connectivity index (χ2n) is 8.99.